The minimum Gasteiger partial charge on any atom is -0.463 e. The zero-order valence-corrected chi connectivity index (χ0v) is 20.8. The Hall–Kier alpha value is -3.84. The van der Waals surface area contributed by atoms with Gasteiger partial charge >= 0.3 is 6.36 Å². The van der Waals surface area contributed by atoms with E-state index in [9.17, 15) is 18.0 Å². The van der Waals surface area contributed by atoms with Gasteiger partial charge in [0.2, 0.25) is 6.23 Å². The van der Waals surface area contributed by atoms with E-state index < -0.39 is 12.6 Å². The van der Waals surface area contributed by atoms with E-state index in [0.717, 1.165) is 30.0 Å². The summed E-state index contributed by atoms with van der Waals surface area (Å²) in [6.45, 7) is 1.61. The van der Waals surface area contributed by atoms with Crippen LogP contribution in [0.25, 0.3) is 0 Å². The third-order valence-corrected chi connectivity index (χ3v) is 7.13. The molecular weight excluding hydrogens is 521 g/mol. The fourth-order valence-corrected chi connectivity index (χ4v) is 5.23. The van der Waals surface area contributed by atoms with Crippen LogP contribution in [0.1, 0.15) is 46.0 Å². The zero-order valence-electron chi connectivity index (χ0n) is 20.0. The molecule has 0 aliphatic carbocycles. The van der Waals surface area contributed by atoms with Gasteiger partial charge in [-0.2, -0.15) is 4.68 Å². The van der Waals surface area contributed by atoms with Gasteiger partial charge in [-0.05, 0) is 72.8 Å². The van der Waals surface area contributed by atoms with Gasteiger partial charge in [0.15, 0.2) is 5.78 Å². The van der Waals surface area contributed by atoms with Crippen LogP contribution >= 0.6 is 11.3 Å². The lowest BCUT2D eigenvalue weighted by atomic mass is 9.97. The first kappa shape index (κ1) is 25.8. The number of thiazole rings is 1. The number of ether oxygens (including phenoxy) is 2. The number of carbonyl (C=O) groups excluding carboxylic acids is 1. The second kappa shape index (κ2) is 11.3. The van der Waals surface area contributed by atoms with Gasteiger partial charge in [0.05, 0.1) is 11.6 Å². The van der Waals surface area contributed by atoms with Crippen molar-refractivity contribution in [3.8, 4) is 11.5 Å². The van der Waals surface area contributed by atoms with E-state index in [4.69, 9.17) is 9.72 Å². The van der Waals surface area contributed by atoms with Crippen LogP contribution in [0.15, 0.2) is 66.3 Å². The highest BCUT2D eigenvalue weighted by Crippen LogP contribution is 2.33. The van der Waals surface area contributed by atoms with Crippen molar-refractivity contribution in [3.05, 3.63) is 82.6 Å². The molecular formula is C25H23F3N6O3S. The van der Waals surface area contributed by atoms with E-state index in [1.807, 2.05) is 35.7 Å². The number of hydrogen-bond donors (Lipinski definition) is 0. The summed E-state index contributed by atoms with van der Waals surface area (Å²) in [5, 5.41) is 14.4. The highest BCUT2D eigenvalue weighted by molar-refractivity contribution is 7.09. The fraction of sp³-hybridized carbons (Fsp3) is 0.320. The number of nitrogens with zero attached hydrogens (tertiary/aromatic N) is 6. The molecule has 1 saturated heterocycles. The number of para-hydroxylation sites is 1. The summed E-state index contributed by atoms with van der Waals surface area (Å²) in [5.41, 5.74) is 1.05. The number of piperidine rings is 1. The molecule has 4 aromatic rings. The third-order valence-electron chi connectivity index (χ3n) is 6.10. The SMILES string of the molecule is O=C(CN1CCC(c2nc(C(Oc3ccccc3)n3cnnn3)cs2)CC1)c1ccc(OC(F)(F)F)cc1. The molecule has 0 amide bonds. The molecule has 1 atom stereocenters. The number of ketones is 1. The molecule has 0 saturated carbocycles. The number of aromatic nitrogens is 5. The summed E-state index contributed by atoms with van der Waals surface area (Å²) in [5.74, 6) is 0.406. The Morgan fingerprint density at radius 1 is 1.05 bits per heavy atom. The second-order valence-corrected chi connectivity index (χ2v) is 9.62. The lowest BCUT2D eigenvalue weighted by Crippen LogP contribution is -2.36. The molecule has 13 heteroatoms. The molecule has 0 N–H and O–H groups in total. The highest BCUT2D eigenvalue weighted by atomic mass is 32.1. The maximum Gasteiger partial charge on any atom is 0.573 e. The lowest BCUT2D eigenvalue weighted by molar-refractivity contribution is -0.274. The number of rotatable bonds is 9. The van der Waals surface area contributed by atoms with Crippen LogP contribution in [-0.4, -0.2) is 61.9 Å². The van der Waals surface area contributed by atoms with Crippen LogP contribution in [0.5, 0.6) is 11.5 Å². The van der Waals surface area contributed by atoms with Crippen LogP contribution in [0.3, 0.4) is 0 Å². The Bertz CT molecular complexity index is 1320. The van der Waals surface area contributed by atoms with Crippen LogP contribution in [-0.2, 0) is 0 Å². The van der Waals surface area contributed by atoms with E-state index in [-0.39, 0.29) is 24.0 Å². The largest absolute Gasteiger partial charge is 0.573 e. The van der Waals surface area contributed by atoms with Crippen LogP contribution in [0.2, 0.25) is 0 Å². The van der Waals surface area contributed by atoms with Gasteiger partial charge in [-0.15, -0.1) is 29.6 Å². The van der Waals surface area contributed by atoms with Crippen molar-refractivity contribution in [3.63, 3.8) is 0 Å². The third kappa shape index (κ3) is 6.53. The van der Waals surface area contributed by atoms with E-state index in [1.54, 1.807) is 11.3 Å². The highest BCUT2D eigenvalue weighted by Gasteiger charge is 2.31. The first-order valence-corrected chi connectivity index (χ1v) is 12.7. The molecule has 9 nitrogen and oxygen atoms in total. The van der Waals surface area contributed by atoms with Crippen LogP contribution < -0.4 is 9.47 Å². The van der Waals surface area contributed by atoms with E-state index >= 15 is 0 Å². The molecule has 2 aromatic carbocycles. The molecule has 198 valence electrons. The Labute approximate surface area is 219 Å². The summed E-state index contributed by atoms with van der Waals surface area (Å²) >= 11 is 1.56. The van der Waals surface area contributed by atoms with Crippen molar-refractivity contribution < 1.29 is 27.4 Å². The fourth-order valence-electron chi connectivity index (χ4n) is 4.23. The molecule has 0 spiro atoms. The average Bonchev–Trinajstić information content (AvgIpc) is 3.61. The van der Waals surface area contributed by atoms with E-state index in [2.05, 4.69) is 25.2 Å². The Balaban J connectivity index is 1.17. The van der Waals surface area contributed by atoms with Gasteiger partial charge in [0.1, 0.15) is 23.5 Å². The number of tetrazole rings is 1. The van der Waals surface area contributed by atoms with Gasteiger partial charge in [-0.25, -0.2) is 4.98 Å². The number of carbonyl (C=O) groups is 1. The molecule has 5 rings (SSSR count). The van der Waals surface area contributed by atoms with E-state index in [1.165, 1.54) is 23.1 Å². The average molecular weight is 545 g/mol. The molecule has 1 aliphatic heterocycles. The summed E-state index contributed by atoms with van der Waals surface area (Å²) in [6.07, 6.45) is -2.24. The number of benzene rings is 2. The van der Waals surface area contributed by atoms with Crippen LogP contribution in [0, 0.1) is 0 Å². The standard InChI is InChI=1S/C25H23F3N6O3S/c26-25(27,28)37-20-8-6-17(7-9-20)22(35)14-33-12-10-18(11-13-33)23-30-21(15-38-23)24(34-16-29-31-32-34)36-19-4-2-1-3-5-19/h1-9,15-16,18,24H,10-14H2. The van der Waals surface area contributed by atoms with E-state index in [0.29, 0.717) is 30.1 Å². The first-order chi connectivity index (χ1) is 18.3. The Morgan fingerprint density at radius 3 is 2.45 bits per heavy atom. The van der Waals surface area contributed by atoms with Crippen molar-refractivity contribution in [1.29, 1.82) is 0 Å². The molecule has 0 radical (unpaired) electrons. The molecule has 1 fully saturated rings. The predicted molar refractivity (Wildman–Crippen MR) is 131 cm³/mol. The van der Waals surface area contributed by atoms with Gasteiger partial charge in [0.25, 0.3) is 0 Å². The summed E-state index contributed by atoms with van der Waals surface area (Å²) in [7, 11) is 0. The molecule has 2 aromatic heterocycles. The minimum absolute atomic E-state index is 0.152. The number of likely N-dealkylation sites (tertiary alicyclic amines) is 1. The first-order valence-electron chi connectivity index (χ1n) is 11.8. The quantitative estimate of drug-likeness (QED) is 0.280. The maximum atomic E-state index is 12.7. The summed E-state index contributed by atoms with van der Waals surface area (Å²) in [4.78, 5) is 19.6. The lowest BCUT2D eigenvalue weighted by Gasteiger charge is -2.30. The maximum absolute atomic E-state index is 12.7. The monoisotopic (exact) mass is 544 g/mol. The Kier molecular flexibility index (Phi) is 7.65. The van der Waals surface area contributed by atoms with Gasteiger partial charge in [-0.1, -0.05) is 18.2 Å². The normalized spacial score (nSPS) is 15.8. The molecule has 3 heterocycles. The van der Waals surface area contributed by atoms with Crippen molar-refractivity contribution in [1.82, 2.24) is 30.1 Å². The van der Waals surface area contributed by atoms with Gasteiger partial charge < -0.3 is 9.47 Å². The second-order valence-electron chi connectivity index (χ2n) is 8.73. The minimum atomic E-state index is -4.77. The molecule has 0 bridgehead atoms. The number of hydrogen-bond acceptors (Lipinski definition) is 9. The van der Waals surface area contributed by atoms with Crippen molar-refractivity contribution >= 4 is 17.1 Å². The predicted octanol–water partition coefficient (Wildman–Crippen LogP) is 4.72. The zero-order chi connectivity index (χ0) is 26.5. The number of halogens is 3. The van der Waals surface area contributed by atoms with Crippen LogP contribution in [0.4, 0.5) is 13.2 Å². The Morgan fingerprint density at radius 2 is 1.79 bits per heavy atom. The van der Waals surface area contributed by atoms with Crippen molar-refractivity contribution in [2.45, 2.75) is 31.3 Å². The summed E-state index contributed by atoms with van der Waals surface area (Å²) < 4.78 is 48.5. The van der Waals surface area contributed by atoms with Crippen molar-refractivity contribution in [2.24, 2.45) is 0 Å². The molecule has 1 unspecified atom stereocenters. The summed E-state index contributed by atoms with van der Waals surface area (Å²) in [6, 6.07) is 14.4. The smallest absolute Gasteiger partial charge is 0.463 e. The topological polar surface area (TPSA) is 95.3 Å². The molecule has 38 heavy (non-hydrogen) atoms. The van der Waals surface area contributed by atoms with Gasteiger partial charge in [-0.3, -0.25) is 9.69 Å². The van der Waals surface area contributed by atoms with Gasteiger partial charge in [0, 0.05) is 16.9 Å². The molecule has 1 aliphatic rings. The van der Waals surface area contributed by atoms with Crippen molar-refractivity contribution in [2.75, 3.05) is 19.6 Å². The number of alkyl halides is 3. The number of Topliss-reactive ketones (excluding diaryl/α,β-unsaturated/α-hetero) is 1.